The molecule has 2 aliphatic rings. The highest BCUT2D eigenvalue weighted by molar-refractivity contribution is 7.89. The SMILES string of the molecule is Cc1noc(C)c1NC(=O)C1CC(S(=O)(=O)N2CCC(c3c[nH]c4ncccc34)CC2)C1. The predicted molar refractivity (Wildman–Crippen MR) is 120 cm³/mol. The molecule has 0 aromatic carbocycles. The highest BCUT2D eigenvalue weighted by atomic mass is 32.2. The Kier molecular flexibility index (Phi) is 5.29. The summed E-state index contributed by atoms with van der Waals surface area (Å²) in [4.78, 5) is 20.1. The second kappa shape index (κ2) is 8.00. The quantitative estimate of drug-likeness (QED) is 0.607. The molecule has 0 radical (unpaired) electrons. The molecule has 0 atom stereocenters. The van der Waals surface area contributed by atoms with Crippen LogP contribution in [-0.2, 0) is 14.8 Å². The van der Waals surface area contributed by atoms with Crippen molar-refractivity contribution in [2.24, 2.45) is 5.92 Å². The Morgan fingerprint density at radius 2 is 2.00 bits per heavy atom. The topological polar surface area (TPSA) is 121 Å². The molecule has 1 aliphatic heterocycles. The normalized spacial score (nSPS) is 22.7. The van der Waals surface area contributed by atoms with Gasteiger partial charge in [-0.15, -0.1) is 0 Å². The van der Waals surface area contributed by atoms with Crippen molar-refractivity contribution >= 4 is 32.7 Å². The summed E-state index contributed by atoms with van der Waals surface area (Å²) in [5.41, 5.74) is 3.28. The van der Waals surface area contributed by atoms with E-state index in [0.717, 1.165) is 23.9 Å². The number of hydrogen-bond acceptors (Lipinski definition) is 6. The van der Waals surface area contributed by atoms with E-state index < -0.39 is 15.3 Å². The third kappa shape index (κ3) is 3.61. The number of nitrogens with one attached hydrogen (secondary N) is 2. The lowest BCUT2D eigenvalue weighted by molar-refractivity contribution is -0.122. The third-order valence-corrected chi connectivity index (χ3v) is 9.22. The fraction of sp³-hybridized carbons (Fsp3) is 0.500. The second-order valence-electron chi connectivity index (χ2n) is 8.84. The Balaban J connectivity index is 1.17. The average molecular weight is 458 g/mol. The number of pyridine rings is 1. The molecular formula is C22H27N5O4S. The molecule has 3 aromatic heterocycles. The van der Waals surface area contributed by atoms with Crippen LogP contribution in [-0.4, -0.2) is 52.1 Å². The molecule has 1 saturated heterocycles. The van der Waals surface area contributed by atoms with Crippen LogP contribution in [0.4, 0.5) is 5.69 Å². The van der Waals surface area contributed by atoms with Crippen LogP contribution in [0, 0.1) is 19.8 Å². The van der Waals surface area contributed by atoms with Gasteiger partial charge in [0.25, 0.3) is 0 Å². The molecular weight excluding hydrogens is 430 g/mol. The zero-order valence-corrected chi connectivity index (χ0v) is 19.0. The van der Waals surface area contributed by atoms with Crippen LogP contribution in [0.1, 0.15) is 48.6 Å². The first-order valence-corrected chi connectivity index (χ1v) is 12.5. The van der Waals surface area contributed by atoms with Crippen molar-refractivity contribution in [2.75, 3.05) is 18.4 Å². The van der Waals surface area contributed by atoms with E-state index in [1.165, 1.54) is 5.56 Å². The largest absolute Gasteiger partial charge is 0.359 e. The molecule has 4 heterocycles. The van der Waals surface area contributed by atoms with Gasteiger partial charge in [-0.05, 0) is 63.1 Å². The van der Waals surface area contributed by atoms with Gasteiger partial charge in [0.15, 0.2) is 5.76 Å². The molecule has 0 bridgehead atoms. The molecule has 9 nitrogen and oxygen atoms in total. The Morgan fingerprint density at radius 3 is 2.69 bits per heavy atom. The molecule has 2 N–H and O–H groups in total. The third-order valence-electron chi connectivity index (χ3n) is 6.91. The lowest BCUT2D eigenvalue weighted by atomic mass is 9.84. The number of aromatic amines is 1. The van der Waals surface area contributed by atoms with Gasteiger partial charge < -0.3 is 14.8 Å². The summed E-state index contributed by atoms with van der Waals surface area (Å²) < 4.78 is 32.9. The molecule has 3 aromatic rings. The minimum absolute atomic E-state index is 0.169. The number of rotatable bonds is 5. The van der Waals surface area contributed by atoms with Crippen LogP contribution >= 0.6 is 0 Å². The standard InChI is InChI=1S/C22H27N5O4S/c1-13-20(14(2)31-26-13)25-22(28)16-10-17(11-16)32(29,30)27-8-5-15(6-9-27)19-12-24-21-18(19)4-3-7-23-21/h3-4,7,12,15-17H,5-6,8-11H2,1-2H3,(H,23,24)(H,25,28). The Bertz CT molecular complexity index is 1230. The van der Waals surface area contributed by atoms with E-state index in [-0.39, 0.29) is 11.8 Å². The number of piperidine rings is 1. The van der Waals surface area contributed by atoms with Crippen molar-refractivity contribution in [3.05, 3.63) is 41.5 Å². The number of hydrogen-bond donors (Lipinski definition) is 2. The van der Waals surface area contributed by atoms with Gasteiger partial charge in [-0.1, -0.05) is 5.16 Å². The van der Waals surface area contributed by atoms with Crippen molar-refractivity contribution in [1.29, 1.82) is 0 Å². The van der Waals surface area contributed by atoms with Gasteiger partial charge in [0.05, 0.1) is 5.25 Å². The molecule has 170 valence electrons. The van der Waals surface area contributed by atoms with Gasteiger partial charge >= 0.3 is 0 Å². The maximum Gasteiger partial charge on any atom is 0.227 e. The fourth-order valence-electron chi connectivity index (χ4n) is 4.86. The summed E-state index contributed by atoms with van der Waals surface area (Å²) in [6.45, 7) is 4.51. The fourth-order valence-corrected chi connectivity index (χ4v) is 6.95. The van der Waals surface area contributed by atoms with Crippen LogP contribution in [0.25, 0.3) is 11.0 Å². The van der Waals surface area contributed by atoms with E-state index in [1.54, 1.807) is 24.3 Å². The van der Waals surface area contributed by atoms with Crippen LogP contribution < -0.4 is 5.32 Å². The van der Waals surface area contributed by atoms with Gasteiger partial charge in [0.1, 0.15) is 17.0 Å². The Hall–Kier alpha value is -2.72. The number of aryl methyl sites for hydroxylation is 2. The van der Waals surface area contributed by atoms with Crippen molar-refractivity contribution in [2.45, 2.75) is 50.7 Å². The van der Waals surface area contributed by atoms with E-state index >= 15 is 0 Å². The van der Waals surface area contributed by atoms with Crippen molar-refractivity contribution in [1.82, 2.24) is 19.4 Å². The minimum atomic E-state index is -3.40. The monoisotopic (exact) mass is 457 g/mol. The van der Waals surface area contributed by atoms with Crippen LogP contribution in [0.15, 0.2) is 29.0 Å². The molecule has 0 spiro atoms. The zero-order valence-electron chi connectivity index (χ0n) is 18.2. The Morgan fingerprint density at radius 1 is 1.25 bits per heavy atom. The zero-order chi connectivity index (χ0) is 22.5. The number of H-pyrrole nitrogens is 1. The summed E-state index contributed by atoms with van der Waals surface area (Å²) in [6, 6.07) is 3.98. The van der Waals surface area contributed by atoms with Crippen LogP contribution in [0.5, 0.6) is 0 Å². The number of nitrogens with zero attached hydrogens (tertiary/aromatic N) is 3. The van der Waals surface area contributed by atoms with Crippen molar-refractivity contribution in [3.8, 4) is 0 Å². The second-order valence-corrected chi connectivity index (χ2v) is 11.1. The lowest BCUT2D eigenvalue weighted by Gasteiger charge is -2.39. The smallest absolute Gasteiger partial charge is 0.227 e. The molecule has 32 heavy (non-hydrogen) atoms. The summed E-state index contributed by atoms with van der Waals surface area (Å²) in [5.74, 6) is 0.389. The van der Waals surface area contributed by atoms with E-state index in [2.05, 4.69) is 26.5 Å². The van der Waals surface area contributed by atoms with Gasteiger partial charge in [-0.25, -0.2) is 17.7 Å². The molecule has 5 rings (SSSR count). The number of fused-ring (bicyclic) bond motifs is 1. The highest BCUT2D eigenvalue weighted by Gasteiger charge is 2.45. The van der Waals surface area contributed by atoms with E-state index in [4.69, 9.17) is 4.52 Å². The number of carbonyl (C=O) groups excluding carboxylic acids is 1. The predicted octanol–water partition coefficient (Wildman–Crippen LogP) is 3.09. The van der Waals surface area contributed by atoms with Gasteiger partial charge in [0.2, 0.25) is 15.9 Å². The van der Waals surface area contributed by atoms with Gasteiger partial charge in [0, 0.05) is 36.8 Å². The first kappa shape index (κ1) is 21.1. The maximum absolute atomic E-state index is 13.1. The summed E-state index contributed by atoms with van der Waals surface area (Å²) in [7, 11) is -3.40. The molecule has 1 amide bonds. The number of sulfonamides is 1. The molecule has 1 aliphatic carbocycles. The van der Waals surface area contributed by atoms with Crippen LogP contribution in [0.3, 0.4) is 0 Å². The first-order chi connectivity index (χ1) is 15.3. The van der Waals surface area contributed by atoms with E-state index in [9.17, 15) is 13.2 Å². The lowest BCUT2D eigenvalue weighted by Crippen LogP contribution is -2.50. The number of anilines is 1. The number of amides is 1. The van der Waals surface area contributed by atoms with Gasteiger partial charge in [-0.2, -0.15) is 0 Å². The number of carbonyl (C=O) groups is 1. The molecule has 2 fully saturated rings. The average Bonchev–Trinajstić information content (AvgIpc) is 3.31. The van der Waals surface area contributed by atoms with E-state index in [0.29, 0.717) is 49.0 Å². The maximum atomic E-state index is 13.1. The highest BCUT2D eigenvalue weighted by Crippen LogP contribution is 2.39. The summed E-state index contributed by atoms with van der Waals surface area (Å²) in [5, 5.41) is 7.29. The first-order valence-electron chi connectivity index (χ1n) is 11.0. The minimum Gasteiger partial charge on any atom is -0.359 e. The molecule has 1 saturated carbocycles. The van der Waals surface area contributed by atoms with Crippen molar-refractivity contribution in [3.63, 3.8) is 0 Å². The van der Waals surface area contributed by atoms with Gasteiger partial charge in [-0.3, -0.25) is 4.79 Å². The van der Waals surface area contributed by atoms with Crippen LogP contribution in [0.2, 0.25) is 0 Å². The molecule has 10 heteroatoms. The van der Waals surface area contributed by atoms with E-state index in [1.807, 2.05) is 12.3 Å². The summed E-state index contributed by atoms with van der Waals surface area (Å²) in [6.07, 6.45) is 6.03. The van der Waals surface area contributed by atoms with Crippen molar-refractivity contribution < 1.29 is 17.7 Å². The Labute approximate surface area is 186 Å². The molecule has 0 unspecified atom stereocenters. The summed E-state index contributed by atoms with van der Waals surface area (Å²) >= 11 is 0. The number of aromatic nitrogens is 3.